The lowest BCUT2D eigenvalue weighted by molar-refractivity contribution is -0.139. The number of benzene rings is 1. The number of ketones is 1. The van der Waals surface area contributed by atoms with Crippen LogP contribution in [0.4, 0.5) is 13.2 Å². The van der Waals surface area contributed by atoms with Gasteiger partial charge in [0.25, 0.3) is 5.78 Å². The van der Waals surface area contributed by atoms with Crippen LogP contribution < -0.4 is 0 Å². The lowest BCUT2D eigenvalue weighted by atomic mass is 10.1. The first-order valence-electron chi connectivity index (χ1n) is 4.02. The summed E-state index contributed by atoms with van der Waals surface area (Å²) in [6, 6.07) is 0.889. The van der Waals surface area contributed by atoms with Gasteiger partial charge >= 0.3 is 12.1 Å². The molecule has 1 aromatic carbocycles. The van der Waals surface area contributed by atoms with E-state index in [4.69, 9.17) is 21.8 Å². The monoisotopic (exact) mass is 268 g/mol. The Kier molecular flexibility index (Phi) is 3.33. The Hall–Kier alpha value is -1.76. The van der Waals surface area contributed by atoms with Crippen molar-refractivity contribution >= 4 is 23.4 Å². The first kappa shape index (κ1) is 13.3. The third kappa shape index (κ3) is 2.68. The molecule has 0 aliphatic carbocycles. The Morgan fingerprint density at radius 2 is 1.76 bits per heavy atom. The summed E-state index contributed by atoms with van der Waals surface area (Å²) in [6.07, 6.45) is -4.94. The molecule has 1 aromatic rings. The number of Topliss-reactive ketones (excluding diaryl/α,β-unsaturated/α-hetero) is 1. The van der Waals surface area contributed by atoms with Crippen LogP contribution in [-0.2, 0) is 11.0 Å². The van der Waals surface area contributed by atoms with Gasteiger partial charge in [-0.1, -0.05) is 11.6 Å². The van der Waals surface area contributed by atoms with E-state index in [1.165, 1.54) is 0 Å². The minimum Gasteiger partial charge on any atom is -0.506 e. The van der Waals surface area contributed by atoms with Gasteiger partial charge in [-0.05, 0) is 12.1 Å². The number of aliphatic carboxylic acids is 1. The zero-order valence-corrected chi connectivity index (χ0v) is 8.63. The van der Waals surface area contributed by atoms with Gasteiger partial charge in [-0.15, -0.1) is 0 Å². The van der Waals surface area contributed by atoms with Crippen molar-refractivity contribution in [3.63, 3.8) is 0 Å². The largest absolute Gasteiger partial charge is 0.506 e. The molecule has 0 bridgehead atoms. The van der Waals surface area contributed by atoms with Gasteiger partial charge in [0.2, 0.25) is 0 Å². The van der Waals surface area contributed by atoms with Crippen molar-refractivity contribution in [3.8, 4) is 5.75 Å². The molecule has 0 aliphatic rings. The lowest BCUT2D eigenvalue weighted by Gasteiger charge is -2.11. The number of carbonyl (C=O) groups excluding carboxylic acids is 1. The number of hydrogen-bond acceptors (Lipinski definition) is 3. The summed E-state index contributed by atoms with van der Waals surface area (Å²) >= 11 is 5.28. The number of carboxylic acid groups (broad SMARTS) is 1. The molecular formula is C9H4ClF3O4. The summed E-state index contributed by atoms with van der Waals surface area (Å²) in [5, 5.41) is 16.7. The van der Waals surface area contributed by atoms with Crippen molar-refractivity contribution in [2.75, 3.05) is 0 Å². The number of carboxylic acids is 1. The second-order valence-electron chi connectivity index (χ2n) is 2.99. The first-order valence-corrected chi connectivity index (χ1v) is 4.39. The molecule has 0 fully saturated rings. The molecule has 0 aromatic heterocycles. The summed E-state index contributed by atoms with van der Waals surface area (Å²) in [5.41, 5.74) is -2.32. The summed E-state index contributed by atoms with van der Waals surface area (Å²) < 4.78 is 37.2. The molecule has 0 radical (unpaired) electrons. The van der Waals surface area contributed by atoms with Crippen molar-refractivity contribution in [2.24, 2.45) is 0 Å². The maximum atomic E-state index is 12.4. The van der Waals surface area contributed by atoms with E-state index in [9.17, 15) is 22.8 Å². The third-order valence-electron chi connectivity index (χ3n) is 1.83. The van der Waals surface area contributed by atoms with E-state index >= 15 is 0 Å². The molecule has 8 heteroatoms. The predicted molar refractivity (Wildman–Crippen MR) is 50.1 cm³/mol. The van der Waals surface area contributed by atoms with Crippen LogP contribution in [0.15, 0.2) is 12.1 Å². The number of aromatic hydroxyl groups is 1. The van der Waals surface area contributed by atoms with Crippen LogP contribution in [0.25, 0.3) is 0 Å². The van der Waals surface area contributed by atoms with Crippen LogP contribution >= 0.6 is 11.6 Å². The minimum absolute atomic E-state index is 0.234. The summed E-state index contributed by atoms with van der Waals surface area (Å²) in [7, 11) is 0. The van der Waals surface area contributed by atoms with Gasteiger partial charge in [0.15, 0.2) is 0 Å². The molecule has 1 rings (SSSR count). The summed E-state index contributed by atoms with van der Waals surface area (Å²) in [6.45, 7) is 0. The normalized spacial score (nSPS) is 11.3. The van der Waals surface area contributed by atoms with Crippen LogP contribution in [0.1, 0.15) is 15.9 Å². The van der Waals surface area contributed by atoms with Crippen molar-refractivity contribution in [3.05, 3.63) is 28.3 Å². The highest BCUT2D eigenvalue weighted by Gasteiger charge is 2.36. The van der Waals surface area contributed by atoms with Gasteiger partial charge < -0.3 is 10.2 Å². The smallest absolute Gasteiger partial charge is 0.420 e. The molecule has 4 nitrogen and oxygen atoms in total. The van der Waals surface area contributed by atoms with Crippen LogP contribution in [0, 0.1) is 0 Å². The minimum atomic E-state index is -4.94. The maximum Gasteiger partial charge on any atom is 0.420 e. The summed E-state index contributed by atoms with van der Waals surface area (Å²) in [5.74, 6) is -4.71. The van der Waals surface area contributed by atoms with Crippen LogP contribution in [0.2, 0.25) is 5.02 Å². The van der Waals surface area contributed by atoms with Crippen LogP contribution in [0.5, 0.6) is 5.75 Å². The molecule has 0 unspecified atom stereocenters. The number of alkyl halides is 3. The molecule has 0 spiro atoms. The Labute approximate surface area is 97.2 Å². The fourth-order valence-electron chi connectivity index (χ4n) is 1.07. The summed E-state index contributed by atoms with van der Waals surface area (Å²) in [4.78, 5) is 21.3. The number of halogens is 4. The van der Waals surface area contributed by atoms with Gasteiger partial charge in [0.1, 0.15) is 5.75 Å². The van der Waals surface area contributed by atoms with E-state index in [2.05, 4.69) is 0 Å². The number of carbonyl (C=O) groups is 2. The average molecular weight is 269 g/mol. The molecule has 0 heterocycles. The number of phenolic OH excluding ortho intramolecular Hbond substituents is 1. The van der Waals surface area contributed by atoms with Crippen LogP contribution in [-0.4, -0.2) is 22.0 Å². The molecule has 17 heavy (non-hydrogen) atoms. The van der Waals surface area contributed by atoms with E-state index < -0.39 is 39.8 Å². The van der Waals surface area contributed by atoms with E-state index in [-0.39, 0.29) is 6.07 Å². The molecule has 0 atom stereocenters. The van der Waals surface area contributed by atoms with E-state index in [0.717, 1.165) is 0 Å². The van der Waals surface area contributed by atoms with Crippen molar-refractivity contribution < 1.29 is 33.0 Å². The molecule has 0 amide bonds. The van der Waals surface area contributed by atoms with E-state index in [1.54, 1.807) is 0 Å². The van der Waals surface area contributed by atoms with Crippen molar-refractivity contribution in [1.82, 2.24) is 0 Å². The first-order chi connectivity index (χ1) is 7.64. The Balaban J connectivity index is 3.44. The number of phenols is 1. The highest BCUT2D eigenvalue weighted by Crippen LogP contribution is 2.40. The highest BCUT2D eigenvalue weighted by atomic mass is 35.5. The molecule has 0 aliphatic heterocycles. The molecule has 2 N–H and O–H groups in total. The van der Waals surface area contributed by atoms with Gasteiger partial charge in [0.05, 0.1) is 10.6 Å². The standard InChI is InChI=1S/C9H4ClF3O4/c10-5-2-3(6(14)8(16)17)1-4(7(5)15)9(11,12)13/h1-2,15H,(H,16,17). The zero-order valence-electron chi connectivity index (χ0n) is 7.88. The zero-order chi connectivity index (χ0) is 13.4. The number of rotatable bonds is 2. The molecule has 92 valence electrons. The Morgan fingerprint density at radius 3 is 2.18 bits per heavy atom. The average Bonchev–Trinajstić information content (AvgIpc) is 2.18. The molecular weight excluding hydrogens is 265 g/mol. The van der Waals surface area contributed by atoms with E-state index in [0.29, 0.717) is 6.07 Å². The fraction of sp³-hybridized carbons (Fsp3) is 0.111. The van der Waals surface area contributed by atoms with Crippen molar-refractivity contribution in [1.29, 1.82) is 0 Å². The van der Waals surface area contributed by atoms with Gasteiger partial charge in [-0.2, -0.15) is 13.2 Å². The maximum absolute atomic E-state index is 12.4. The van der Waals surface area contributed by atoms with E-state index in [1.807, 2.05) is 0 Å². The topological polar surface area (TPSA) is 74.6 Å². The van der Waals surface area contributed by atoms with Gasteiger partial charge in [-0.3, -0.25) is 4.79 Å². The highest BCUT2D eigenvalue weighted by molar-refractivity contribution is 6.41. The van der Waals surface area contributed by atoms with Gasteiger partial charge in [-0.25, -0.2) is 4.79 Å². The van der Waals surface area contributed by atoms with Crippen molar-refractivity contribution in [2.45, 2.75) is 6.18 Å². The SMILES string of the molecule is O=C(O)C(=O)c1cc(Cl)c(O)c(C(F)(F)F)c1. The third-order valence-corrected chi connectivity index (χ3v) is 2.11. The van der Waals surface area contributed by atoms with Crippen LogP contribution in [0.3, 0.4) is 0 Å². The second kappa shape index (κ2) is 4.25. The second-order valence-corrected chi connectivity index (χ2v) is 3.39. The fourth-order valence-corrected chi connectivity index (χ4v) is 1.29. The quantitative estimate of drug-likeness (QED) is 0.638. The molecule has 0 saturated heterocycles. The van der Waals surface area contributed by atoms with Gasteiger partial charge in [0, 0.05) is 5.56 Å². The Morgan fingerprint density at radius 1 is 1.24 bits per heavy atom. The predicted octanol–water partition coefficient (Wildman–Crippen LogP) is 2.33. The molecule has 0 saturated carbocycles. The Bertz CT molecular complexity index is 496. The lowest BCUT2D eigenvalue weighted by Crippen LogP contribution is -2.15. The number of hydrogen-bond donors (Lipinski definition) is 2.